The van der Waals surface area contributed by atoms with Crippen molar-refractivity contribution in [2.75, 3.05) is 7.05 Å². The minimum atomic E-state index is -0.0541. The van der Waals surface area contributed by atoms with Gasteiger partial charge in [0.15, 0.2) is 0 Å². The van der Waals surface area contributed by atoms with Crippen molar-refractivity contribution in [1.29, 1.82) is 0 Å². The number of hydrogen-bond donors (Lipinski definition) is 2. The van der Waals surface area contributed by atoms with Gasteiger partial charge in [-0.15, -0.1) is 0 Å². The van der Waals surface area contributed by atoms with Gasteiger partial charge in [-0.1, -0.05) is 17.7 Å². The normalized spacial score (nSPS) is 28.2. The smallest absolute Gasteiger partial charge is 0.251 e. The first-order chi connectivity index (χ1) is 16.0. The van der Waals surface area contributed by atoms with E-state index in [0.29, 0.717) is 29.8 Å². The van der Waals surface area contributed by atoms with E-state index in [2.05, 4.69) is 26.7 Å². The van der Waals surface area contributed by atoms with Gasteiger partial charge in [0.25, 0.3) is 5.91 Å². The molecule has 170 valence electrons. The van der Waals surface area contributed by atoms with Crippen molar-refractivity contribution in [1.82, 2.24) is 25.6 Å². The van der Waals surface area contributed by atoms with Crippen LogP contribution in [0.5, 0.6) is 0 Å². The maximum Gasteiger partial charge on any atom is 0.251 e. The zero-order valence-corrected chi connectivity index (χ0v) is 19.7. The summed E-state index contributed by atoms with van der Waals surface area (Å²) in [5.74, 6) is 1.63. The van der Waals surface area contributed by atoms with Crippen LogP contribution >= 0.6 is 11.6 Å². The van der Waals surface area contributed by atoms with Gasteiger partial charge in [-0.25, -0.2) is 9.97 Å². The molecule has 3 aliphatic rings. The Morgan fingerprint density at radius 2 is 1.88 bits per heavy atom. The van der Waals surface area contributed by atoms with E-state index in [-0.39, 0.29) is 5.91 Å². The third-order valence-electron chi connectivity index (χ3n) is 7.74. The first-order valence-corrected chi connectivity index (χ1v) is 12.3. The lowest BCUT2D eigenvalue weighted by molar-refractivity contribution is 0.0961. The van der Waals surface area contributed by atoms with E-state index in [1.165, 1.54) is 12.8 Å². The number of benzene rings is 1. The molecule has 2 saturated heterocycles. The highest BCUT2D eigenvalue weighted by molar-refractivity contribution is 6.33. The molecule has 3 unspecified atom stereocenters. The molecule has 5 atom stereocenters. The summed E-state index contributed by atoms with van der Waals surface area (Å²) in [6.45, 7) is 1.93. The first kappa shape index (κ1) is 21.0. The van der Waals surface area contributed by atoms with Gasteiger partial charge in [0.2, 0.25) is 0 Å². The lowest BCUT2D eigenvalue weighted by Gasteiger charge is -2.31. The van der Waals surface area contributed by atoms with Crippen LogP contribution in [0.3, 0.4) is 0 Å². The van der Waals surface area contributed by atoms with Gasteiger partial charge >= 0.3 is 0 Å². The number of rotatable bonds is 4. The number of nitrogens with one attached hydrogen (secondary N) is 2. The minimum absolute atomic E-state index is 0.0541. The average molecular weight is 462 g/mol. The molecule has 0 radical (unpaired) electrons. The molecule has 2 bridgehead atoms. The van der Waals surface area contributed by atoms with Gasteiger partial charge < -0.3 is 10.6 Å². The van der Waals surface area contributed by atoms with Gasteiger partial charge in [-0.3, -0.25) is 9.78 Å². The molecule has 4 heterocycles. The number of carbonyl (C=O) groups excluding carboxylic acids is 1. The number of carbonyl (C=O) groups is 1. The van der Waals surface area contributed by atoms with Crippen LogP contribution in [-0.4, -0.2) is 40.0 Å². The number of hydrogen-bond acceptors (Lipinski definition) is 5. The van der Waals surface area contributed by atoms with Crippen LogP contribution in [0.15, 0.2) is 30.6 Å². The minimum Gasteiger partial charge on any atom is -0.355 e. The van der Waals surface area contributed by atoms with Crippen molar-refractivity contribution >= 4 is 28.4 Å². The number of piperidine rings is 1. The largest absolute Gasteiger partial charge is 0.355 e. The molecule has 33 heavy (non-hydrogen) atoms. The lowest BCUT2D eigenvalue weighted by atomic mass is 9.82. The second-order valence-corrected chi connectivity index (χ2v) is 10.2. The zero-order chi connectivity index (χ0) is 22.7. The second kappa shape index (κ2) is 8.03. The molecule has 1 saturated carbocycles. The van der Waals surface area contributed by atoms with Crippen molar-refractivity contribution in [3.05, 3.63) is 63.8 Å². The van der Waals surface area contributed by atoms with E-state index in [0.717, 1.165) is 63.4 Å². The molecule has 1 aromatic carbocycles. The fraction of sp³-hybridized carbons (Fsp3) is 0.462. The second-order valence-electron chi connectivity index (χ2n) is 9.81. The van der Waals surface area contributed by atoms with Crippen LogP contribution in [-0.2, 0) is 0 Å². The monoisotopic (exact) mass is 461 g/mol. The van der Waals surface area contributed by atoms with Crippen molar-refractivity contribution in [2.45, 2.75) is 68.9 Å². The Bertz CT molecular complexity index is 1250. The number of halogens is 1. The third-order valence-corrected chi connectivity index (χ3v) is 8.17. The van der Waals surface area contributed by atoms with Crippen LogP contribution in [0.25, 0.3) is 10.9 Å². The molecule has 2 N–H and O–H groups in total. The summed E-state index contributed by atoms with van der Waals surface area (Å²) < 4.78 is 0. The summed E-state index contributed by atoms with van der Waals surface area (Å²) in [6.07, 6.45) is 9.13. The SMILES string of the molecule is CNC(=O)c1ccc(C2CC2c2nc(C)nc3cnccc23)c(Cl)c1C1C[C@H]2CC[C@@H](C1)N2. The van der Waals surface area contributed by atoms with E-state index < -0.39 is 0 Å². The standard InChI is InChI=1S/C26H28ClN5O/c1-13-30-22-12-29-8-7-18(22)25(31-13)21-11-20(21)17-5-6-19(26(33)28-2)23(24(17)27)14-9-15-3-4-16(10-14)32-15/h5-8,12,14-16,20-21,32H,3-4,9-11H2,1-2H3,(H,28,33)/t14?,15-,16+,20?,21?. The number of nitrogens with zero attached hydrogens (tertiary/aromatic N) is 3. The van der Waals surface area contributed by atoms with Crippen molar-refractivity contribution < 1.29 is 4.79 Å². The van der Waals surface area contributed by atoms with Crippen LogP contribution in [0.4, 0.5) is 0 Å². The molecule has 2 aliphatic heterocycles. The van der Waals surface area contributed by atoms with Crippen LogP contribution in [0.1, 0.15) is 82.9 Å². The summed E-state index contributed by atoms with van der Waals surface area (Å²) in [5, 5.41) is 8.38. The van der Waals surface area contributed by atoms with Crippen molar-refractivity contribution in [3.8, 4) is 0 Å². The van der Waals surface area contributed by atoms with Crippen LogP contribution in [0.2, 0.25) is 5.02 Å². The third kappa shape index (κ3) is 3.60. The lowest BCUT2D eigenvalue weighted by Crippen LogP contribution is -2.38. The van der Waals surface area contributed by atoms with Crippen molar-refractivity contribution in [3.63, 3.8) is 0 Å². The van der Waals surface area contributed by atoms with Crippen LogP contribution < -0.4 is 10.6 Å². The molecule has 6 nitrogen and oxygen atoms in total. The van der Waals surface area contributed by atoms with Gasteiger partial charge in [-0.05, 0) is 74.1 Å². The summed E-state index contributed by atoms with van der Waals surface area (Å²) in [5.41, 5.74) is 4.89. The van der Waals surface area contributed by atoms with Gasteiger partial charge in [-0.2, -0.15) is 0 Å². The maximum atomic E-state index is 12.8. The summed E-state index contributed by atoms with van der Waals surface area (Å²) in [6, 6.07) is 7.12. The predicted molar refractivity (Wildman–Crippen MR) is 129 cm³/mol. The molecular weight excluding hydrogens is 434 g/mol. The number of pyridine rings is 1. The topological polar surface area (TPSA) is 79.8 Å². The average Bonchev–Trinajstić information content (AvgIpc) is 3.54. The molecule has 3 aromatic rings. The Balaban J connectivity index is 1.39. The quantitative estimate of drug-likeness (QED) is 0.592. The Kier molecular flexibility index (Phi) is 5.11. The summed E-state index contributed by atoms with van der Waals surface area (Å²) in [7, 11) is 1.69. The Hall–Kier alpha value is -2.57. The van der Waals surface area contributed by atoms with E-state index in [1.54, 1.807) is 19.4 Å². The maximum absolute atomic E-state index is 12.8. The Morgan fingerprint density at radius 3 is 2.64 bits per heavy atom. The van der Waals surface area contributed by atoms with E-state index in [1.807, 2.05) is 19.1 Å². The van der Waals surface area contributed by atoms with E-state index in [4.69, 9.17) is 16.6 Å². The van der Waals surface area contributed by atoms with Gasteiger partial charge in [0, 0.05) is 47.2 Å². The molecular formula is C26H28ClN5O. The number of aryl methyl sites for hydroxylation is 1. The number of aromatic nitrogens is 3. The van der Waals surface area contributed by atoms with E-state index >= 15 is 0 Å². The summed E-state index contributed by atoms with van der Waals surface area (Å²) >= 11 is 7.16. The fourth-order valence-electron chi connectivity index (χ4n) is 6.17. The Labute approximate surface area is 198 Å². The molecule has 3 fully saturated rings. The molecule has 0 spiro atoms. The van der Waals surface area contributed by atoms with Crippen molar-refractivity contribution in [2.24, 2.45) is 0 Å². The predicted octanol–water partition coefficient (Wildman–Crippen LogP) is 4.62. The fourth-order valence-corrected chi connectivity index (χ4v) is 6.63. The molecule has 2 aromatic heterocycles. The van der Waals surface area contributed by atoms with Gasteiger partial charge in [0.05, 0.1) is 17.4 Å². The van der Waals surface area contributed by atoms with Crippen LogP contribution in [0, 0.1) is 6.92 Å². The molecule has 7 heteroatoms. The highest BCUT2D eigenvalue weighted by Gasteiger charge is 2.44. The Morgan fingerprint density at radius 1 is 1.09 bits per heavy atom. The summed E-state index contributed by atoms with van der Waals surface area (Å²) in [4.78, 5) is 26.4. The van der Waals surface area contributed by atoms with Gasteiger partial charge in [0.1, 0.15) is 5.82 Å². The number of fused-ring (bicyclic) bond motifs is 3. The molecule has 6 rings (SSSR count). The highest BCUT2D eigenvalue weighted by atomic mass is 35.5. The highest BCUT2D eigenvalue weighted by Crippen LogP contribution is 2.58. The zero-order valence-electron chi connectivity index (χ0n) is 18.9. The first-order valence-electron chi connectivity index (χ1n) is 11.9. The molecule has 1 aliphatic carbocycles. The van der Waals surface area contributed by atoms with E-state index in [9.17, 15) is 4.79 Å². The molecule has 1 amide bonds. The number of amides is 1.